The maximum Gasteiger partial charge on any atom is 0.338 e. The predicted molar refractivity (Wildman–Crippen MR) is 134 cm³/mol. The van der Waals surface area contributed by atoms with Crippen molar-refractivity contribution >= 4 is 39.6 Å². The number of imidazole rings is 1. The highest BCUT2D eigenvalue weighted by molar-refractivity contribution is 6.24. The summed E-state index contributed by atoms with van der Waals surface area (Å²) in [4.78, 5) is 50.5. The summed E-state index contributed by atoms with van der Waals surface area (Å²) in [6, 6.07) is 14.1. The van der Waals surface area contributed by atoms with Gasteiger partial charge in [-0.2, -0.15) is 0 Å². The Hall–Kier alpha value is -4.79. The zero-order valence-electron chi connectivity index (χ0n) is 20.0. The van der Waals surface area contributed by atoms with E-state index in [1.807, 2.05) is 25.1 Å². The van der Waals surface area contributed by atoms with Crippen molar-refractivity contribution < 1.29 is 19.1 Å². The van der Waals surface area contributed by atoms with Crippen molar-refractivity contribution in [2.45, 2.75) is 13.5 Å². The third-order valence-electron chi connectivity index (χ3n) is 6.21. The smallest absolute Gasteiger partial charge is 0.338 e. The largest absolute Gasteiger partial charge is 0.465 e. The number of ketones is 1. The minimum Gasteiger partial charge on any atom is -0.465 e. The maximum atomic E-state index is 13.7. The van der Waals surface area contributed by atoms with E-state index < -0.39 is 11.9 Å². The summed E-state index contributed by atoms with van der Waals surface area (Å²) in [5.41, 5.74) is 4.09. The molecule has 0 aliphatic carbocycles. The number of esters is 1. The second kappa shape index (κ2) is 9.10. The van der Waals surface area contributed by atoms with E-state index in [9.17, 15) is 14.4 Å². The molecule has 3 heterocycles. The number of nitrogens with zero attached hydrogens (tertiary/aromatic N) is 3. The summed E-state index contributed by atoms with van der Waals surface area (Å²) in [7, 11) is 2.76. The number of carbonyl (C=O) groups excluding carboxylic acids is 3. The molecule has 9 nitrogen and oxygen atoms in total. The molecule has 9 heteroatoms. The number of hydrogen-bond donors (Lipinski definition) is 2. The number of methoxy groups -OCH3 is 1. The maximum absolute atomic E-state index is 13.7. The summed E-state index contributed by atoms with van der Waals surface area (Å²) < 4.78 is 6.99. The van der Waals surface area contributed by atoms with Crippen LogP contribution in [-0.2, 0) is 11.3 Å². The van der Waals surface area contributed by atoms with Crippen LogP contribution in [0.2, 0.25) is 0 Å². The Balaban J connectivity index is 1.55. The number of rotatable bonds is 6. The van der Waals surface area contributed by atoms with Crippen LogP contribution in [0, 0.1) is 6.92 Å². The molecule has 0 aliphatic heterocycles. The highest BCUT2D eigenvalue weighted by Crippen LogP contribution is 2.29. The number of aromatic nitrogens is 4. The Morgan fingerprint density at radius 1 is 1.08 bits per heavy atom. The fourth-order valence-electron chi connectivity index (χ4n) is 4.44. The number of amides is 1. The summed E-state index contributed by atoms with van der Waals surface area (Å²) in [6.45, 7) is 2.51. The number of pyridine rings is 1. The van der Waals surface area contributed by atoms with Crippen LogP contribution >= 0.6 is 0 Å². The van der Waals surface area contributed by atoms with Crippen LogP contribution in [0.15, 0.2) is 60.9 Å². The minimum absolute atomic E-state index is 0.0899. The first-order chi connectivity index (χ1) is 17.4. The average Bonchev–Trinajstić information content (AvgIpc) is 3.45. The zero-order chi connectivity index (χ0) is 25.4. The first kappa shape index (κ1) is 23.0. The van der Waals surface area contributed by atoms with Crippen LogP contribution in [0.4, 0.5) is 0 Å². The van der Waals surface area contributed by atoms with Gasteiger partial charge in [-0.15, -0.1) is 0 Å². The molecular weight excluding hydrogens is 458 g/mol. The molecule has 36 heavy (non-hydrogen) atoms. The number of H-pyrrole nitrogens is 1. The van der Waals surface area contributed by atoms with E-state index in [1.54, 1.807) is 42.7 Å². The first-order valence-corrected chi connectivity index (χ1v) is 11.3. The molecule has 5 aromatic rings. The van der Waals surface area contributed by atoms with Crippen molar-refractivity contribution in [1.82, 2.24) is 24.8 Å². The third-order valence-corrected chi connectivity index (χ3v) is 6.21. The molecule has 0 fully saturated rings. The van der Waals surface area contributed by atoms with Gasteiger partial charge in [-0.05, 0) is 30.7 Å². The quantitative estimate of drug-likeness (QED) is 0.282. The van der Waals surface area contributed by atoms with Gasteiger partial charge in [0.2, 0.25) is 0 Å². The second-order valence-electron chi connectivity index (χ2n) is 8.31. The fraction of sp³-hybridized carbons (Fsp3) is 0.148. The van der Waals surface area contributed by atoms with Crippen molar-refractivity contribution in [1.29, 1.82) is 0 Å². The lowest BCUT2D eigenvalue weighted by molar-refractivity contribution is 0.0602. The SMILES string of the molecule is CNC(=O)c1[nH]c2cccc(C(=O)OC)c2c1C(=O)c1ccc(Cn2c(C)nc3cnccc32)cc1. The highest BCUT2D eigenvalue weighted by Gasteiger charge is 2.27. The van der Waals surface area contributed by atoms with Crippen LogP contribution in [-0.4, -0.2) is 51.3 Å². The van der Waals surface area contributed by atoms with Crippen LogP contribution in [0.5, 0.6) is 0 Å². The molecule has 0 atom stereocenters. The summed E-state index contributed by atoms with van der Waals surface area (Å²) in [5.74, 6) is -0.565. The number of hydrogen-bond acceptors (Lipinski definition) is 6. The number of aromatic amines is 1. The molecule has 0 aliphatic rings. The molecule has 0 radical (unpaired) electrons. The van der Waals surface area contributed by atoms with Gasteiger partial charge in [-0.25, -0.2) is 9.78 Å². The van der Waals surface area contributed by atoms with Crippen molar-refractivity contribution in [2.24, 2.45) is 0 Å². The zero-order valence-corrected chi connectivity index (χ0v) is 20.0. The molecule has 2 N–H and O–H groups in total. The number of aryl methyl sites for hydroxylation is 1. The monoisotopic (exact) mass is 481 g/mol. The van der Waals surface area contributed by atoms with Gasteiger partial charge in [-0.1, -0.05) is 30.3 Å². The van der Waals surface area contributed by atoms with E-state index in [0.29, 0.717) is 23.0 Å². The summed E-state index contributed by atoms with van der Waals surface area (Å²) in [5, 5.41) is 2.91. The Kier molecular flexibility index (Phi) is 5.81. The van der Waals surface area contributed by atoms with Gasteiger partial charge in [0, 0.05) is 36.3 Å². The fourth-order valence-corrected chi connectivity index (χ4v) is 4.44. The molecule has 0 unspecified atom stereocenters. The Bertz CT molecular complexity index is 1650. The molecule has 0 saturated carbocycles. The first-order valence-electron chi connectivity index (χ1n) is 11.3. The number of nitrogens with one attached hydrogen (secondary N) is 2. The number of fused-ring (bicyclic) bond motifs is 2. The minimum atomic E-state index is -0.592. The van der Waals surface area contributed by atoms with Gasteiger partial charge < -0.3 is 19.6 Å². The van der Waals surface area contributed by atoms with E-state index in [0.717, 1.165) is 22.4 Å². The normalized spacial score (nSPS) is 11.1. The van der Waals surface area contributed by atoms with E-state index in [-0.39, 0.29) is 22.6 Å². The predicted octanol–water partition coefficient (Wildman–Crippen LogP) is 3.65. The molecule has 0 bridgehead atoms. The van der Waals surface area contributed by atoms with Gasteiger partial charge in [0.25, 0.3) is 5.91 Å². The molecule has 2 aromatic carbocycles. The van der Waals surface area contributed by atoms with Crippen LogP contribution in [0.1, 0.15) is 48.2 Å². The van der Waals surface area contributed by atoms with Crippen molar-refractivity contribution in [3.05, 3.63) is 94.7 Å². The summed E-state index contributed by atoms with van der Waals surface area (Å²) >= 11 is 0. The van der Waals surface area contributed by atoms with E-state index >= 15 is 0 Å². The van der Waals surface area contributed by atoms with Gasteiger partial charge >= 0.3 is 5.97 Å². The van der Waals surface area contributed by atoms with E-state index in [1.165, 1.54) is 14.2 Å². The second-order valence-corrected chi connectivity index (χ2v) is 8.31. The highest BCUT2D eigenvalue weighted by atomic mass is 16.5. The molecule has 3 aromatic heterocycles. The molecule has 5 rings (SSSR count). The van der Waals surface area contributed by atoms with Crippen LogP contribution in [0.25, 0.3) is 21.9 Å². The van der Waals surface area contributed by atoms with E-state index in [4.69, 9.17) is 4.74 Å². The lowest BCUT2D eigenvalue weighted by Gasteiger charge is -2.09. The standard InChI is InChI=1S/C27H23N5O4/c1-15-30-20-13-29-12-11-21(20)32(15)14-16-7-9-17(10-8-16)25(33)23-22-18(27(35)36-3)5-4-6-19(22)31-24(23)26(34)28-2/h4-13,31H,14H2,1-3H3,(H,28,34). The lowest BCUT2D eigenvalue weighted by Crippen LogP contribution is -2.21. The van der Waals surface area contributed by atoms with Gasteiger partial charge in [0.05, 0.1) is 30.0 Å². The lowest BCUT2D eigenvalue weighted by atomic mass is 9.96. The molecule has 180 valence electrons. The van der Waals surface area contributed by atoms with E-state index in [2.05, 4.69) is 24.8 Å². The average molecular weight is 482 g/mol. The Labute approximate surface area is 206 Å². The van der Waals surface area contributed by atoms with Crippen molar-refractivity contribution in [3.8, 4) is 0 Å². The molecular formula is C27H23N5O4. The number of ether oxygens (including phenoxy) is 1. The van der Waals surface area contributed by atoms with Crippen molar-refractivity contribution in [2.75, 3.05) is 14.2 Å². The third kappa shape index (κ3) is 3.80. The topological polar surface area (TPSA) is 119 Å². The molecule has 0 spiro atoms. The van der Waals surface area contributed by atoms with Gasteiger partial charge in [0.1, 0.15) is 17.0 Å². The summed E-state index contributed by atoms with van der Waals surface area (Å²) in [6.07, 6.45) is 3.46. The Morgan fingerprint density at radius 3 is 2.58 bits per heavy atom. The van der Waals surface area contributed by atoms with Gasteiger partial charge in [0.15, 0.2) is 5.78 Å². The molecule has 0 saturated heterocycles. The Morgan fingerprint density at radius 2 is 1.86 bits per heavy atom. The van der Waals surface area contributed by atoms with Crippen LogP contribution in [0.3, 0.4) is 0 Å². The molecule has 1 amide bonds. The number of carbonyl (C=O) groups is 3. The number of benzene rings is 2. The van der Waals surface area contributed by atoms with Crippen molar-refractivity contribution in [3.63, 3.8) is 0 Å². The van der Waals surface area contributed by atoms with Crippen LogP contribution < -0.4 is 5.32 Å². The van der Waals surface area contributed by atoms with Gasteiger partial charge in [-0.3, -0.25) is 14.6 Å².